The average molecular weight is 200 g/mol. The van der Waals surface area contributed by atoms with E-state index in [2.05, 4.69) is 60.9 Å². The third-order valence-electron chi connectivity index (χ3n) is 2.94. The van der Waals surface area contributed by atoms with Crippen LogP contribution in [0.1, 0.15) is 48.5 Å². The maximum absolute atomic E-state index is 4.00. The molecule has 1 atom stereocenters. The van der Waals surface area contributed by atoms with Crippen molar-refractivity contribution in [2.24, 2.45) is 5.92 Å². The number of hydrogen-bond acceptors (Lipinski definition) is 0. The lowest BCUT2D eigenvalue weighted by atomic mass is 9.99. The molecular formula is C12H25P. The smallest absolute Gasteiger partial charge is 0.00890 e. The van der Waals surface area contributed by atoms with Crippen molar-refractivity contribution in [3.05, 3.63) is 12.4 Å². The van der Waals surface area contributed by atoms with Gasteiger partial charge in [0.05, 0.1) is 0 Å². The van der Waals surface area contributed by atoms with Gasteiger partial charge in [-0.3, -0.25) is 0 Å². The monoisotopic (exact) mass is 200 g/mol. The average Bonchev–Trinajstić information content (AvgIpc) is 1.83. The Kier molecular flexibility index (Phi) is 4.19. The van der Waals surface area contributed by atoms with Crippen LogP contribution in [0.5, 0.6) is 0 Å². The summed E-state index contributed by atoms with van der Waals surface area (Å²) in [6.45, 7) is 20.3. The molecule has 13 heavy (non-hydrogen) atoms. The standard InChI is InChI=1S/C12H25P/c1-9-13(11(4,5)6)12(7,8)10(2)3/h9-10H,1H2,2-8H3. The van der Waals surface area contributed by atoms with Crippen molar-refractivity contribution >= 4 is 7.92 Å². The molecule has 0 radical (unpaired) electrons. The van der Waals surface area contributed by atoms with Crippen LogP contribution >= 0.6 is 7.92 Å². The zero-order valence-corrected chi connectivity index (χ0v) is 11.2. The molecule has 0 aliphatic rings. The summed E-state index contributed by atoms with van der Waals surface area (Å²) in [4.78, 5) is 0. The summed E-state index contributed by atoms with van der Waals surface area (Å²) >= 11 is 0. The lowest BCUT2D eigenvalue weighted by Gasteiger charge is -2.44. The van der Waals surface area contributed by atoms with Crippen LogP contribution in [0.15, 0.2) is 12.4 Å². The van der Waals surface area contributed by atoms with E-state index < -0.39 is 0 Å². The number of rotatable bonds is 3. The van der Waals surface area contributed by atoms with Gasteiger partial charge in [0.25, 0.3) is 0 Å². The van der Waals surface area contributed by atoms with Gasteiger partial charge in [-0.25, -0.2) is 0 Å². The normalized spacial score (nSPS) is 16.0. The van der Waals surface area contributed by atoms with Crippen LogP contribution in [0.2, 0.25) is 0 Å². The first-order valence-corrected chi connectivity index (χ1v) is 6.47. The van der Waals surface area contributed by atoms with E-state index >= 15 is 0 Å². The maximum atomic E-state index is 4.00. The zero-order valence-electron chi connectivity index (χ0n) is 10.3. The summed E-state index contributed by atoms with van der Waals surface area (Å²) in [5.41, 5.74) is 0. The quantitative estimate of drug-likeness (QED) is 0.571. The molecule has 0 aliphatic heterocycles. The summed E-state index contributed by atoms with van der Waals surface area (Å²) in [5, 5.41) is 0.778. The van der Waals surface area contributed by atoms with E-state index in [-0.39, 0.29) is 7.92 Å². The molecule has 0 bridgehead atoms. The minimum Gasteiger partial charge on any atom is -0.0985 e. The molecule has 0 nitrogen and oxygen atoms in total. The maximum Gasteiger partial charge on any atom is -0.00890 e. The Bertz CT molecular complexity index is 172. The van der Waals surface area contributed by atoms with Crippen molar-refractivity contribution < 1.29 is 0 Å². The Morgan fingerprint density at radius 3 is 1.54 bits per heavy atom. The van der Waals surface area contributed by atoms with Crippen LogP contribution in [-0.4, -0.2) is 10.3 Å². The van der Waals surface area contributed by atoms with E-state index in [9.17, 15) is 0 Å². The third-order valence-corrected chi connectivity index (χ3v) is 6.51. The van der Waals surface area contributed by atoms with Gasteiger partial charge in [-0.2, -0.15) is 0 Å². The minimum atomic E-state index is -0.118. The first kappa shape index (κ1) is 13.2. The molecule has 1 unspecified atom stereocenters. The summed E-state index contributed by atoms with van der Waals surface area (Å²) in [6.07, 6.45) is 0. The predicted molar refractivity (Wildman–Crippen MR) is 65.8 cm³/mol. The largest absolute Gasteiger partial charge is 0.0985 e. The second kappa shape index (κ2) is 4.13. The second-order valence-electron chi connectivity index (χ2n) is 5.53. The van der Waals surface area contributed by atoms with Gasteiger partial charge in [-0.1, -0.05) is 68.8 Å². The van der Waals surface area contributed by atoms with Gasteiger partial charge in [-0.15, -0.1) is 0 Å². The Morgan fingerprint density at radius 2 is 1.46 bits per heavy atom. The van der Waals surface area contributed by atoms with Crippen LogP contribution in [-0.2, 0) is 0 Å². The molecular weight excluding hydrogens is 175 g/mol. The highest BCUT2D eigenvalue weighted by atomic mass is 31.1. The molecule has 0 aromatic heterocycles. The van der Waals surface area contributed by atoms with Crippen LogP contribution in [0, 0.1) is 5.92 Å². The van der Waals surface area contributed by atoms with Crippen molar-refractivity contribution in [2.45, 2.75) is 58.8 Å². The lowest BCUT2D eigenvalue weighted by molar-refractivity contribution is 0.486. The van der Waals surface area contributed by atoms with Gasteiger partial charge in [0.1, 0.15) is 0 Å². The molecule has 0 N–H and O–H groups in total. The fourth-order valence-electron chi connectivity index (χ4n) is 1.65. The fourth-order valence-corrected chi connectivity index (χ4v) is 4.96. The van der Waals surface area contributed by atoms with Gasteiger partial charge in [0.15, 0.2) is 0 Å². The van der Waals surface area contributed by atoms with E-state index in [1.54, 1.807) is 0 Å². The van der Waals surface area contributed by atoms with E-state index in [0.717, 1.165) is 5.92 Å². The van der Waals surface area contributed by atoms with Crippen molar-refractivity contribution in [1.29, 1.82) is 0 Å². The highest BCUT2D eigenvalue weighted by Gasteiger charge is 2.37. The highest BCUT2D eigenvalue weighted by molar-refractivity contribution is 7.64. The molecule has 1 heteroatoms. The Hall–Kier alpha value is 0.170. The summed E-state index contributed by atoms with van der Waals surface area (Å²) in [6, 6.07) is 0. The van der Waals surface area contributed by atoms with Crippen molar-refractivity contribution in [3.8, 4) is 0 Å². The summed E-state index contributed by atoms with van der Waals surface area (Å²) in [5.74, 6) is 2.91. The molecule has 0 rings (SSSR count). The summed E-state index contributed by atoms with van der Waals surface area (Å²) < 4.78 is 0. The Balaban J connectivity index is 4.88. The molecule has 0 aliphatic carbocycles. The van der Waals surface area contributed by atoms with Gasteiger partial charge in [0.2, 0.25) is 0 Å². The molecule has 0 fully saturated rings. The highest BCUT2D eigenvalue weighted by Crippen LogP contribution is 2.62. The predicted octanol–water partition coefficient (Wildman–Crippen LogP) is 4.84. The van der Waals surface area contributed by atoms with Crippen molar-refractivity contribution in [2.75, 3.05) is 0 Å². The molecule has 0 heterocycles. The van der Waals surface area contributed by atoms with Gasteiger partial charge in [0, 0.05) is 0 Å². The fraction of sp³-hybridized carbons (Fsp3) is 0.833. The lowest BCUT2D eigenvalue weighted by Crippen LogP contribution is -2.31. The molecule has 0 aromatic carbocycles. The van der Waals surface area contributed by atoms with E-state index in [0.29, 0.717) is 10.3 Å². The molecule has 0 amide bonds. The molecule has 78 valence electrons. The van der Waals surface area contributed by atoms with E-state index in [4.69, 9.17) is 0 Å². The SMILES string of the molecule is C=CP(C(C)(C)C)C(C)(C)C(C)C. The second-order valence-corrected chi connectivity index (χ2v) is 9.13. The topological polar surface area (TPSA) is 0 Å². The molecule has 0 saturated carbocycles. The number of hydrogen-bond donors (Lipinski definition) is 0. The molecule has 0 saturated heterocycles. The first-order valence-electron chi connectivity index (χ1n) is 5.06. The van der Waals surface area contributed by atoms with Crippen LogP contribution in [0.4, 0.5) is 0 Å². The van der Waals surface area contributed by atoms with E-state index in [1.165, 1.54) is 0 Å². The van der Waals surface area contributed by atoms with Gasteiger partial charge in [-0.05, 0) is 16.2 Å². The van der Waals surface area contributed by atoms with Gasteiger partial charge >= 0.3 is 0 Å². The zero-order chi connectivity index (χ0) is 10.9. The van der Waals surface area contributed by atoms with Crippen LogP contribution in [0.25, 0.3) is 0 Å². The molecule has 0 spiro atoms. The summed E-state index contributed by atoms with van der Waals surface area (Å²) in [7, 11) is -0.118. The Labute approximate surface area is 85.6 Å². The molecule has 0 aromatic rings. The van der Waals surface area contributed by atoms with Crippen LogP contribution < -0.4 is 0 Å². The van der Waals surface area contributed by atoms with Gasteiger partial charge < -0.3 is 0 Å². The van der Waals surface area contributed by atoms with Crippen molar-refractivity contribution in [1.82, 2.24) is 0 Å². The van der Waals surface area contributed by atoms with E-state index in [1.807, 2.05) is 0 Å². The Morgan fingerprint density at radius 1 is 1.08 bits per heavy atom. The minimum absolute atomic E-state index is 0.118. The first-order chi connectivity index (χ1) is 5.64. The third kappa shape index (κ3) is 3.09. The van der Waals surface area contributed by atoms with Crippen LogP contribution in [0.3, 0.4) is 0 Å². The van der Waals surface area contributed by atoms with Crippen molar-refractivity contribution in [3.63, 3.8) is 0 Å².